The Morgan fingerprint density at radius 3 is 2.69 bits per heavy atom. The summed E-state index contributed by atoms with van der Waals surface area (Å²) in [5.41, 5.74) is 2.02. The van der Waals surface area contributed by atoms with Gasteiger partial charge in [-0.25, -0.2) is 0 Å². The Bertz CT molecular complexity index is 354. The van der Waals surface area contributed by atoms with E-state index in [1.807, 2.05) is 18.2 Å². The molecule has 1 aliphatic rings. The number of carbonyl (C=O) groups excluding carboxylic acids is 1. The molecule has 1 aromatic carbocycles. The maximum Gasteiger partial charge on any atom is 0.169 e. The molecule has 0 saturated carbocycles. The standard InChI is InChI=1S/C12H14O/c1-3-12(2)8-9-6-4-5-7-10(9)11(12)13/h4-7H,3,8H2,1-2H3. The summed E-state index contributed by atoms with van der Waals surface area (Å²) in [7, 11) is 0. The Labute approximate surface area is 78.8 Å². The lowest BCUT2D eigenvalue weighted by Gasteiger charge is -2.18. The van der Waals surface area contributed by atoms with Crippen molar-refractivity contribution >= 4 is 5.78 Å². The second kappa shape index (κ2) is 2.69. The third-order valence-corrected chi connectivity index (χ3v) is 3.17. The predicted molar refractivity (Wildman–Crippen MR) is 52.9 cm³/mol. The molecule has 1 nitrogen and oxygen atoms in total. The van der Waals surface area contributed by atoms with Crippen molar-refractivity contribution in [1.29, 1.82) is 0 Å². The predicted octanol–water partition coefficient (Wildman–Crippen LogP) is 2.84. The largest absolute Gasteiger partial charge is 0.294 e. The smallest absolute Gasteiger partial charge is 0.169 e. The van der Waals surface area contributed by atoms with Crippen LogP contribution in [0.1, 0.15) is 36.2 Å². The molecule has 1 unspecified atom stereocenters. The van der Waals surface area contributed by atoms with Gasteiger partial charge in [-0.3, -0.25) is 4.79 Å². The fourth-order valence-corrected chi connectivity index (χ4v) is 2.01. The lowest BCUT2D eigenvalue weighted by atomic mass is 9.83. The first kappa shape index (κ1) is 8.49. The van der Waals surface area contributed by atoms with Gasteiger partial charge in [0.15, 0.2) is 5.78 Å². The lowest BCUT2D eigenvalue weighted by Crippen LogP contribution is -2.22. The molecule has 0 heterocycles. The third-order valence-electron chi connectivity index (χ3n) is 3.17. The van der Waals surface area contributed by atoms with Gasteiger partial charge in [-0.05, 0) is 18.4 Å². The molecule has 0 N–H and O–H groups in total. The molecule has 0 aromatic heterocycles. The minimum absolute atomic E-state index is 0.135. The van der Waals surface area contributed by atoms with Crippen LogP contribution in [0.2, 0.25) is 0 Å². The van der Waals surface area contributed by atoms with Gasteiger partial charge in [0.2, 0.25) is 0 Å². The summed E-state index contributed by atoms with van der Waals surface area (Å²) >= 11 is 0. The molecule has 0 bridgehead atoms. The highest BCUT2D eigenvalue weighted by Crippen LogP contribution is 2.38. The van der Waals surface area contributed by atoms with Crippen molar-refractivity contribution in [3.63, 3.8) is 0 Å². The second-order valence-corrected chi connectivity index (χ2v) is 4.08. The zero-order chi connectivity index (χ0) is 9.47. The Morgan fingerprint density at radius 1 is 1.38 bits per heavy atom. The number of hydrogen-bond acceptors (Lipinski definition) is 1. The average molecular weight is 174 g/mol. The number of fused-ring (bicyclic) bond motifs is 1. The molecule has 2 rings (SSSR count). The van der Waals surface area contributed by atoms with Crippen molar-refractivity contribution in [2.75, 3.05) is 0 Å². The van der Waals surface area contributed by atoms with E-state index in [2.05, 4.69) is 19.9 Å². The zero-order valence-electron chi connectivity index (χ0n) is 8.13. The molecule has 1 aromatic rings. The molecular weight excluding hydrogens is 160 g/mol. The Kier molecular flexibility index (Phi) is 1.76. The molecular formula is C12H14O. The number of rotatable bonds is 1. The first-order valence-corrected chi connectivity index (χ1v) is 4.80. The summed E-state index contributed by atoms with van der Waals surface area (Å²) in [5, 5.41) is 0. The van der Waals surface area contributed by atoms with E-state index in [0.29, 0.717) is 5.78 Å². The topological polar surface area (TPSA) is 17.1 Å². The van der Waals surface area contributed by atoms with E-state index in [-0.39, 0.29) is 5.41 Å². The number of Topliss-reactive ketones (excluding diaryl/α,β-unsaturated/α-hetero) is 1. The second-order valence-electron chi connectivity index (χ2n) is 4.08. The van der Waals surface area contributed by atoms with E-state index in [4.69, 9.17) is 0 Å². The summed E-state index contributed by atoms with van der Waals surface area (Å²) in [6.45, 7) is 4.15. The quantitative estimate of drug-likeness (QED) is 0.639. The Balaban J connectivity index is 2.50. The zero-order valence-corrected chi connectivity index (χ0v) is 8.13. The normalized spacial score (nSPS) is 26.2. The van der Waals surface area contributed by atoms with Gasteiger partial charge < -0.3 is 0 Å². The molecule has 0 radical (unpaired) electrons. The number of ketones is 1. The van der Waals surface area contributed by atoms with Crippen LogP contribution in [0.15, 0.2) is 24.3 Å². The van der Waals surface area contributed by atoms with Crippen LogP contribution in [-0.4, -0.2) is 5.78 Å². The summed E-state index contributed by atoms with van der Waals surface area (Å²) in [5.74, 6) is 0.325. The van der Waals surface area contributed by atoms with Gasteiger partial charge in [0, 0.05) is 11.0 Å². The highest BCUT2D eigenvalue weighted by Gasteiger charge is 2.39. The van der Waals surface area contributed by atoms with Crippen LogP contribution in [0.5, 0.6) is 0 Å². The molecule has 0 fully saturated rings. The van der Waals surface area contributed by atoms with Crippen LogP contribution in [0.25, 0.3) is 0 Å². The molecule has 0 spiro atoms. The van der Waals surface area contributed by atoms with Crippen LogP contribution in [0.4, 0.5) is 0 Å². The molecule has 0 aliphatic heterocycles. The summed E-state index contributed by atoms with van der Waals surface area (Å²) < 4.78 is 0. The highest BCUT2D eigenvalue weighted by atomic mass is 16.1. The van der Waals surface area contributed by atoms with Gasteiger partial charge in [0.25, 0.3) is 0 Å². The van der Waals surface area contributed by atoms with Gasteiger partial charge in [0.05, 0.1) is 0 Å². The van der Waals surface area contributed by atoms with Gasteiger partial charge in [-0.1, -0.05) is 38.1 Å². The molecule has 0 amide bonds. The van der Waals surface area contributed by atoms with Crippen molar-refractivity contribution in [2.24, 2.45) is 5.41 Å². The van der Waals surface area contributed by atoms with Crippen molar-refractivity contribution < 1.29 is 4.79 Å². The van der Waals surface area contributed by atoms with Gasteiger partial charge >= 0.3 is 0 Å². The van der Waals surface area contributed by atoms with Crippen molar-refractivity contribution in [1.82, 2.24) is 0 Å². The molecule has 0 saturated heterocycles. The lowest BCUT2D eigenvalue weighted by molar-refractivity contribution is 0.0837. The van der Waals surface area contributed by atoms with Crippen molar-refractivity contribution in [3.8, 4) is 0 Å². The van der Waals surface area contributed by atoms with E-state index in [1.165, 1.54) is 5.56 Å². The molecule has 1 atom stereocenters. The van der Waals surface area contributed by atoms with Gasteiger partial charge in [-0.15, -0.1) is 0 Å². The number of benzene rings is 1. The maximum absolute atomic E-state index is 11.9. The monoisotopic (exact) mass is 174 g/mol. The third kappa shape index (κ3) is 1.11. The fraction of sp³-hybridized carbons (Fsp3) is 0.417. The average Bonchev–Trinajstić information content (AvgIpc) is 2.41. The molecule has 68 valence electrons. The van der Waals surface area contributed by atoms with E-state index < -0.39 is 0 Å². The minimum Gasteiger partial charge on any atom is -0.294 e. The minimum atomic E-state index is -0.135. The first-order chi connectivity index (χ1) is 6.17. The Morgan fingerprint density at radius 2 is 2.08 bits per heavy atom. The fourth-order valence-electron chi connectivity index (χ4n) is 2.01. The maximum atomic E-state index is 11.9. The first-order valence-electron chi connectivity index (χ1n) is 4.80. The summed E-state index contributed by atoms with van der Waals surface area (Å²) in [6, 6.07) is 7.96. The van der Waals surface area contributed by atoms with Gasteiger partial charge in [0.1, 0.15) is 0 Å². The van der Waals surface area contributed by atoms with Crippen molar-refractivity contribution in [3.05, 3.63) is 35.4 Å². The van der Waals surface area contributed by atoms with Gasteiger partial charge in [-0.2, -0.15) is 0 Å². The molecule has 13 heavy (non-hydrogen) atoms. The molecule has 1 aliphatic carbocycles. The van der Waals surface area contributed by atoms with Crippen LogP contribution in [0.3, 0.4) is 0 Å². The molecule has 1 heteroatoms. The SMILES string of the molecule is CCC1(C)Cc2ccccc2C1=O. The van der Waals surface area contributed by atoms with Crippen molar-refractivity contribution in [2.45, 2.75) is 26.7 Å². The van der Waals surface area contributed by atoms with Crippen LogP contribution < -0.4 is 0 Å². The number of carbonyl (C=O) groups is 1. The summed E-state index contributed by atoms with van der Waals surface area (Å²) in [6.07, 6.45) is 1.85. The van der Waals surface area contributed by atoms with Crippen LogP contribution in [-0.2, 0) is 6.42 Å². The number of hydrogen-bond donors (Lipinski definition) is 0. The Hall–Kier alpha value is -1.11. The van der Waals surface area contributed by atoms with Crippen LogP contribution >= 0.6 is 0 Å². The highest BCUT2D eigenvalue weighted by molar-refractivity contribution is 6.04. The van der Waals surface area contributed by atoms with E-state index in [9.17, 15) is 4.79 Å². The summed E-state index contributed by atoms with van der Waals surface area (Å²) in [4.78, 5) is 11.9. The van der Waals surface area contributed by atoms with E-state index >= 15 is 0 Å². The van der Waals surface area contributed by atoms with E-state index in [1.54, 1.807) is 0 Å². The van der Waals surface area contributed by atoms with Crippen LogP contribution in [0, 0.1) is 5.41 Å². The van der Waals surface area contributed by atoms with E-state index in [0.717, 1.165) is 18.4 Å².